The number of anilines is 1. The summed E-state index contributed by atoms with van der Waals surface area (Å²) in [5.74, 6) is 1.71. The van der Waals surface area contributed by atoms with Gasteiger partial charge in [0.25, 0.3) is 5.91 Å². The first-order valence-electron chi connectivity index (χ1n) is 8.01. The minimum atomic E-state index is -0.348. The van der Waals surface area contributed by atoms with Crippen molar-refractivity contribution in [2.24, 2.45) is 0 Å². The van der Waals surface area contributed by atoms with Crippen LogP contribution in [0.2, 0.25) is 0 Å². The highest BCUT2D eigenvalue weighted by atomic mass is 16.6. The van der Waals surface area contributed by atoms with Gasteiger partial charge in [-0.3, -0.25) is 4.79 Å². The van der Waals surface area contributed by atoms with Crippen LogP contribution in [-0.4, -0.2) is 41.2 Å². The molecule has 0 atom stereocenters. The molecule has 1 N–H and O–H groups in total. The van der Waals surface area contributed by atoms with Gasteiger partial charge in [0.1, 0.15) is 19.0 Å². The van der Waals surface area contributed by atoms with E-state index in [0.717, 1.165) is 5.69 Å². The molecule has 3 aromatic rings. The second kappa shape index (κ2) is 6.75. The lowest BCUT2D eigenvalue weighted by atomic mass is 10.2. The molecule has 2 heterocycles. The third-order valence-corrected chi connectivity index (χ3v) is 3.86. The zero-order chi connectivity index (χ0) is 17.9. The lowest BCUT2D eigenvalue weighted by Gasteiger charge is -2.18. The van der Waals surface area contributed by atoms with Crippen LogP contribution in [0.15, 0.2) is 48.7 Å². The molecule has 26 heavy (non-hydrogen) atoms. The third-order valence-electron chi connectivity index (χ3n) is 3.86. The van der Waals surface area contributed by atoms with E-state index >= 15 is 0 Å². The molecule has 8 nitrogen and oxygen atoms in total. The van der Waals surface area contributed by atoms with Gasteiger partial charge in [-0.15, -0.1) is 5.10 Å². The Labute approximate surface area is 149 Å². The Morgan fingerprint density at radius 1 is 1.12 bits per heavy atom. The van der Waals surface area contributed by atoms with E-state index in [-0.39, 0.29) is 11.6 Å². The highest BCUT2D eigenvalue weighted by molar-refractivity contribution is 6.02. The number of hydrogen-bond donors (Lipinski definition) is 1. The number of methoxy groups -OCH3 is 1. The molecule has 0 unspecified atom stereocenters. The molecule has 4 rings (SSSR count). The molecule has 1 aliphatic rings. The summed E-state index contributed by atoms with van der Waals surface area (Å²) in [4.78, 5) is 12.3. The van der Waals surface area contributed by atoms with E-state index in [1.807, 2.05) is 12.1 Å². The molecule has 1 aliphatic heterocycles. The van der Waals surface area contributed by atoms with Crippen LogP contribution in [0.1, 0.15) is 10.5 Å². The van der Waals surface area contributed by atoms with Crippen LogP contribution in [0.3, 0.4) is 0 Å². The largest absolute Gasteiger partial charge is 0.497 e. The van der Waals surface area contributed by atoms with Crippen LogP contribution in [0, 0.1) is 0 Å². The van der Waals surface area contributed by atoms with Gasteiger partial charge in [0, 0.05) is 11.8 Å². The van der Waals surface area contributed by atoms with Crippen molar-refractivity contribution in [1.29, 1.82) is 0 Å². The number of aromatic nitrogens is 3. The van der Waals surface area contributed by atoms with Gasteiger partial charge in [0.2, 0.25) is 0 Å². The van der Waals surface area contributed by atoms with Gasteiger partial charge in [-0.25, -0.2) is 4.68 Å². The molecule has 132 valence electrons. The number of amides is 1. The molecular weight excluding hydrogens is 336 g/mol. The molecule has 1 aromatic heterocycles. The number of benzene rings is 2. The van der Waals surface area contributed by atoms with Gasteiger partial charge in [-0.2, -0.15) is 0 Å². The monoisotopic (exact) mass is 352 g/mol. The first kappa shape index (κ1) is 15.9. The molecule has 0 saturated heterocycles. The average Bonchev–Trinajstić information content (AvgIpc) is 3.18. The second-order valence-electron chi connectivity index (χ2n) is 5.56. The fourth-order valence-electron chi connectivity index (χ4n) is 2.54. The van der Waals surface area contributed by atoms with E-state index < -0.39 is 0 Å². The fraction of sp³-hybridized carbons (Fsp3) is 0.167. The van der Waals surface area contributed by atoms with Crippen molar-refractivity contribution in [2.45, 2.75) is 0 Å². The summed E-state index contributed by atoms with van der Waals surface area (Å²) in [6, 6.07) is 12.5. The van der Waals surface area contributed by atoms with Gasteiger partial charge >= 0.3 is 0 Å². The fourth-order valence-corrected chi connectivity index (χ4v) is 2.54. The first-order valence-corrected chi connectivity index (χ1v) is 8.01. The van der Waals surface area contributed by atoms with Crippen molar-refractivity contribution in [2.75, 3.05) is 25.6 Å². The molecule has 8 heteroatoms. The predicted molar refractivity (Wildman–Crippen MR) is 93.3 cm³/mol. The van der Waals surface area contributed by atoms with Crippen molar-refractivity contribution in [1.82, 2.24) is 15.0 Å². The van der Waals surface area contributed by atoms with Gasteiger partial charge in [0.05, 0.1) is 19.0 Å². The second-order valence-corrected chi connectivity index (χ2v) is 5.56. The molecule has 0 spiro atoms. The van der Waals surface area contributed by atoms with E-state index in [9.17, 15) is 4.79 Å². The standard InChI is InChI=1S/C18H16N4O4/c1-24-14-5-2-12(3-6-14)19-18(23)15-11-22(21-20-15)13-4-7-16-17(10-13)26-9-8-25-16/h2-7,10-11H,8-9H2,1H3,(H,19,23). The zero-order valence-electron chi connectivity index (χ0n) is 14.0. The summed E-state index contributed by atoms with van der Waals surface area (Å²) in [5, 5.41) is 10.7. The van der Waals surface area contributed by atoms with Crippen molar-refractivity contribution >= 4 is 11.6 Å². The molecule has 0 bridgehead atoms. The van der Waals surface area contributed by atoms with Crippen molar-refractivity contribution in [3.05, 3.63) is 54.4 Å². The number of nitrogens with zero attached hydrogens (tertiary/aromatic N) is 3. The Hall–Kier alpha value is -3.55. The quantitative estimate of drug-likeness (QED) is 0.775. The van der Waals surface area contributed by atoms with Gasteiger partial charge in [-0.1, -0.05) is 5.21 Å². The summed E-state index contributed by atoms with van der Waals surface area (Å²) in [6.45, 7) is 1.04. The maximum Gasteiger partial charge on any atom is 0.277 e. The van der Waals surface area contributed by atoms with Crippen LogP contribution in [0.5, 0.6) is 17.2 Å². The van der Waals surface area contributed by atoms with E-state index in [1.165, 1.54) is 4.68 Å². The SMILES string of the molecule is COc1ccc(NC(=O)c2cn(-c3ccc4c(c3)OCCO4)nn2)cc1. The number of nitrogens with one attached hydrogen (secondary N) is 1. The normalized spacial score (nSPS) is 12.5. The zero-order valence-corrected chi connectivity index (χ0v) is 14.0. The average molecular weight is 352 g/mol. The van der Waals surface area contributed by atoms with Gasteiger partial charge in [0.15, 0.2) is 17.2 Å². The highest BCUT2D eigenvalue weighted by Crippen LogP contribution is 2.31. The highest BCUT2D eigenvalue weighted by Gasteiger charge is 2.15. The Morgan fingerprint density at radius 2 is 1.88 bits per heavy atom. The predicted octanol–water partition coefficient (Wildman–Crippen LogP) is 2.30. The van der Waals surface area contributed by atoms with Crippen LogP contribution in [0.25, 0.3) is 5.69 Å². The topological polar surface area (TPSA) is 87.5 Å². The van der Waals surface area contributed by atoms with Crippen molar-refractivity contribution < 1.29 is 19.0 Å². The van der Waals surface area contributed by atoms with Crippen molar-refractivity contribution in [3.8, 4) is 22.9 Å². The van der Waals surface area contributed by atoms with Gasteiger partial charge in [-0.05, 0) is 36.4 Å². The minimum absolute atomic E-state index is 0.204. The number of hydrogen-bond acceptors (Lipinski definition) is 6. The number of fused-ring (bicyclic) bond motifs is 1. The Balaban J connectivity index is 1.51. The van der Waals surface area contributed by atoms with Gasteiger partial charge < -0.3 is 19.5 Å². The number of ether oxygens (including phenoxy) is 3. The summed E-state index contributed by atoms with van der Waals surface area (Å²) >= 11 is 0. The molecule has 2 aromatic carbocycles. The Bertz CT molecular complexity index is 937. The molecule has 0 saturated carbocycles. The first-order chi connectivity index (χ1) is 12.7. The number of rotatable bonds is 4. The molecular formula is C18H16N4O4. The van der Waals surface area contributed by atoms with Crippen LogP contribution < -0.4 is 19.5 Å². The van der Waals surface area contributed by atoms with Crippen LogP contribution >= 0.6 is 0 Å². The van der Waals surface area contributed by atoms with E-state index in [1.54, 1.807) is 43.6 Å². The summed E-state index contributed by atoms with van der Waals surface area (Å²) < 4.78 is 17.7. The summed E-state index contributed by atoms with van der Waals surface area (Å²) in [7, 11) is 1.59. The summed E-state index contributed by atoms with van der Waals surface area (Å²) in [5.41, 5.74) is 1.57. The summed E-state index contributed by atoms with van der Waals surface area (Å²) in [6.07, 6.45) is 1.56. The minimum Gasteiger partial charge on any atom is -0.497 e. The van der Waals surface area contributed by atoms with Crippen LogP contribution in [-0.2, 0) is 0 Å². The smallest absolute Gasteiger partial charge is 0.277 e. The van der Waals surface area contributed by atoms with E-state index in [0.29, 0.717) is 36.1 Å². The maximum absolute atomic E-state index is 12.3. The van der Waals surface area contributed by atoms with E-state index in [4.69, 9.17) is 14.2 Å². The van der Waals surface area contributed by atoms with Crippen molar-refractivity contribution in [3.63, 3.8) is 0 Å². The number of carbonyl (C=O) groups is 1. The lowest BCUT2D eigenvalue weighted by molar-refractivity contribution is 0.102. The molecule has 0 aliphatic carbocycles. The van der Waals surface area contributed by atoms with E-state index in [2.05, 4.69) is 15.6 Å². The third kappa shape index (κ3) is 3.16. The van der Waals surface area contributed by atoms with Crippen LogP contribution in [0.4, 0.5) is 5.69 Å². The molecule has 1 amide bonds. The maximum atomic E-state index is 12.3. The Morgan fingerprint density at radius 3 is 2.65 bits per heavy atom. The number of carbonyl (C=O) groups excluding carboxylic acids is 1. The molecule has 0 fully saturated rings. The Kier molecular flexibility index (Phi) is 4.14. The lowest BCUT2D eigenvalue weighted by Crippen LogP contribution is -2.15. The molecule has 0 radical (unpaired) electrons.